The van der Waals surface area contributed by atoms with Crippen LogP contribution in [0.5, 0.6) is 5.75 Å². The summed E-state index contributed by atoms with van der Waals surface area (Å²) in [5.74, 6) is 0.513. The zero-order valence-corrected chi connectivity index (χ0v) is 13.0. The van der Waals surface area contributed by atoms with E-state index in [1.54, 1.807) is 12.1 Å². The number of rotatable bonds is 6. The lowest BCUT2D eigenvalue weighted by Crippen LogP contribution is -2.08. The van der Waals surface area contributed by atoms with Crippen LogP contribution in [-0.2, 0) is 0 Å². The van der Waals surface area contributed by atoms with Gasteiger partial charge in [-0.2, -0.15) is 0 Å². The van der Waals surface area contributed by atoms with Crippen LogP contribution in [0.1, 0.15) is 31.9 Å². The molecular weight excluding hydrogens is 289 g/mol. The van der Waals surface area contributed by atoms with E-state index in [2.05, 4.69) is 12.2 Å². The second-order valence-electron chi connectivity index (χ2n) is 4.91. The zero-order chi connectivity index (χ0) is 15.2. The molecule has 2 aromatic carbocycles. The monoisotopic (exact) mass is 307 g/mol. The van der Waals surface area contributed by atoms with Gasteiger partial charge in [-0.1, -0.05) is 30.7 Å². The third kappa shape index (κ3) is 4.36. The molecule has 0 fully saturated rings. The average molecular weight is 308 g/mol. The average Bonchev–Trinajstić information content (AvgIpc) is 2.46. The molecule has 0 bridgehead atoms. The highest BCUT2D eigenvalue weighted by Gasteiger charge is 2.10. The van der Waals surface area contributed by atoms with Crippen LogP contribution in [0.2, 0.25) is 5.02 Å². The zero-order valence-electron chi connectivity index (χ0n) is 12.2. The Bertz CT molecular complexity index is 603. The molecule has 0 spiro atoms. The van der Waals surface area contributed by atoms with Gasteiger partial charge in [-0.25, -0.2) is 4.39 Å². The summed E-state index contributed by atoms with van der Waals surface area (Å²) in [6, 6.07) is 12.0. The van der Waals surface area contributed by atoms with Crippen molar-refractivity contribution in [2.24, 2.45) is 0 Å². The summed E-state index contributed by atoms with van der Waals surface area (Å²) < 4.78 is 19.0. The van der Waals surface area contributed by atoms with Gasteiger partial charge < -0.3 is 10.1 Å². The van der Waals surface area contributed by atoms with Gasteiger partial charge in [0.2, 0.25) is 0 Å². The molecule has 2 rings (SSSR count). The molecule has 0 saturated heterocycles. The van der Waals surface area contributed by atoms with Gasteiger partial charge in [-0.05, 0) is 49.2 Å². The maximum absolute atomic E-state index is 13.3. The second-order valence-corrected chi connectivity index (χ2v) is 5.35. The first-order valence-corrected chi connectivity index (χ1v) is 7.42. The molecule has 0 aliphatic rings. The molecule has 0 aliphatic carbocycles. The second kappa shape index (κ2) is 7.32. The van der Waals surface area contributed by atoms with Crippen molar-refractivity contribution in [1.82, 2.24) is 0 Å². The number of nitrogens with one attached hydrogen (secondary N) is 1. The minimum atomic E-state index is -0.241. The molecule has 0 saturated carbocycles. The number of hydrogen-bond donors (Lipinski definition) is 1. The Morgan fingerprint density at radius 1 is 1.24 bits per heavy atom. The van der Waals surface area contributed by atoms with E-state index in [1.165, 1.54) is 12.1 Å². The topological polar surface area (TPSA) is 21.3 Å². The Morgan fingerprint density at radius 3 is 2.76 bits per heavy atom. The van der Waals surface area contributed by atoms with E-state index in [-0.39, 0.29) is 11.9 Å². The van der Waals surface area contributed by atoms with E-state index < -0.39 is 0 Å². The predicted octanol–water partition coefficient (Wildman–Crippen LogP) is 5.44. The van der Waals surface area contributed by atoms with Gasteiger partial charge in [0.15, 0.2) is 0 Å². The summed E-state index contributed by atoms with van der Waals surface area (Å²) in [4.78, 5) is 0. The third-order valence-electron chi connectivity index (χ3n) is 3.12. The van der Waals surface area contributed by atoms with E-state index in [0.29, 0.717) is 11.6 Å². The maximum atomic E-state index is 13.3. The fourth-order valence-electron chi connectivity index (χ4n) is 2.05. The summed E-state index contributed by atoms with van der Waals surface area (Å²) in [7, 11) is 0. The SMILES string of the molecule is CCCOc1ccc(Cl)cc1NC(C)c1cccc(F)c1. The number of halogens is 2. The summed E-state index contributed by atoms with van der Waals surface area (Å²) in [5, 5.41) is 3.96. The van der Waals surface area contributed by atoms with Gasteiger partial charge in [0.05, 0.1) is 12.3 Å². The highest BCUT2D eigenvalue weighted by atomic mass is 35.5. The minimum Gasteiger partial charge on any atom is -0.491 e. The number of benzene rings is 2. The third-order valence-corrected chi connectivity index (χ3v) is 3.36. The van der Waals surface area contributed by atoms with E-state index in [4.69, 9.17) is 16.3 Å². The highest BCUT2D eigenvalue weighted by molar-refractivity contribution is 6.30. The maximum Gasteiger partial charge on any atom is 0.142 e. The van der Waals surface area contributed by atoms with Crippen molar-refractivity contribution in [3.63, 3.8) is 0 Å². The van der Waals surface area contributed by atoms with Gasteiger partial charge in [-0.15, -0.1) is 0 Å². The Hall–Kier alpha value is -1.74. The molecule has 2 aromatic rings. The van der Waals surface area contributed by atoms with Crippen LogP contribution < -0.4 is 10.1 Å². The molecular formula is C17H19ClFNO. The summed E-state index contributed by atoms with van der Waals surface area (Å²) in [6.07, 6.45) is 0.932. The highest BCUT2D eigenvalue weighted by Crippen LogP contribution is 2.31. The fraction of sp³-hybridized carbons (Fsp3) is 0.294. The lowest BCUT2D eigenvalue weighted by atomic mass is 10.1. The van der Waals surface area contributed by atoms with Crippen molar-refractivity contribution >= 4 is 17.3 Å². The molecule has 1 N–H and O–H groups in total. The van der Waals surface area contributed by atoms with E-state index >= 15 is 0 Å². The first-order chi connectivity index (χ1) is 10.1. The minimum absolute atomic E-state index is 0.0526. The van der Waals surface area contributed by atoms with Crippen LogP contribution in [0, 0.1) is 5.82 Å². The van der Waals surface area contributed by atoms with E-state index in [0.717, 1.165) is 23.4 Å². The molecule has 0 amide bonds. The molecule has 0 aliphatic heterocycles. The smallest absolute Gasteiger partial charge is 0.142 e. The van der Waals surface area contributed by atoms with Crippen LogP contribution in [0.25, 0.3) is 0 Å². The molecule has 4 heteroatoms. The van der Waals surface area contributed by atoms with Gasteiger partial charge in [0.1, 0.15) is 11.6 Å². The van der Waals surface area contributed by atoms with Crippen molar-refractivity contribution in [1.29, 1.82) is 0 Å². The summed E-state index contributed by atoms with van der Waals surface area (Å²) in [5.41, 5.74) is 1.68. The Balaban J connectivity index is 2.19. The van der Waals surface area contributed by atoms with Crippen LogP contribution in [0.15, 0.2) is 42.5 Å². The van der Waals surface area contributed by atoms with Crippen LogP contribution in [-0.4, -0.2) is 6.61 Å². The Labute approximate surface area is 129 Å². The number of anilines is 1. The van der Waals surface area contributed by atoms with Gasteiger partial charge in [-0.3, -0.25) is 0 Å². The van der Waals surface area contributed by atoms with Crippen LogP contribution >= 0.6 is 11.6 Å². The fourth-order valence-corrected chi connectivity index (χ4v) is 2.22. The first-order valence-electron chi connectivity index (χ1n) is 7.04. The molecule has 1 atom stereocenters. The molecule has 0 heterocycles. The molecule has 21 heavy (non-hydrogen) atoms. The van der Waals surface area contributed by atoms with Gasteiger partial charge in [0, 0.05) is 11.1 Å². The quantitative estimate of drug-likeness (QED) is 0.767. The van der Waals surface area contributed by atoms with Crippen molar-refractivity contribution < 1.29 is 9.13 Å². The molecule has 0 radical (unpaired) electrons. The van der Waals surface area contributed by atoms with Crippen molar-refractivity contribution in [2.45, 2.75) is 26.3 Å². The summed E-state index contributed by atoms with van der Waals surface area (Å²) in [6.45, 7) is 4.67. The number of ether oxygens (including phenoxy) is 1. The molecule has 0 aromatic heterocycles. The number of hydrogen-bond acceptors (Lipinski definition) is 2. The Morgan fingerprint density at radius 2 is 2.05 bits per heavy atom. The van der Waals surface area contributed by atoms with E-state index in [9.17, 15) is 4.39 Å². The van der Waals surface area contributed by atoms with Crippen molar-refractivity contribution in [3.8, 4) is 5.75 Å². The molecule has 1 unspecified atom stereocenters. The van der Waals surface area contributed by atoms with Crippen LogP contribution in [0.3, 0.4) is 0 Å². The normalized spacial score (nSPS) is 12.0. The van der Waals surface area contributed by atoms with Gasteiger partial charge in [0.25, 0.3) is 0 Å². The summed E-state index contributed by atoms with van der Waals surface area (Å²) >= 11 is 6.05. The molecule has 112 valence electrons. The first kappa shape index (κ1) is 15.6. The molecule has 2 nitrogen and oxygen atoms in total. The van der Waals surface area contributed by atoms with Crippen molar-refractivity contribution in [3.05, 3.63) is 58.9 Å². The standard InChI is InChI=1S/C17H19ClFNO/c1-3-9-21-17-8-7-14(18)11-16(17)20-12(2)13-5-4-6-15(19)10-13/h4-8,10-12,20H,3,9H2,1-2H3. The Kier molecular flexibility index (Phi) is 5.45. The predicted molar refractivity (Wildman–Crippen MR) is 85.7 cm³/mol. The van der Waals surface area contributed by atoms with Crippen LogP contribution in [0.4, 0.5) is 10.1 Å². The lowest BCUT2D eigenvalue weighted by Gasteiger charge is -2.19. The van der Waals surface area contributed by atoms with Crippen molar-refractivity contribution in [2.75, 3.05) is 11.9 Å². The van der Waals surface area contributed by atoms with Gasteiger partial charge >= 0.3 is 0 Å². The lowest BCUT2D eigenvalue weighted by molar-refractivity contribution is 0.318. The largest absolute Gasteiger partial charge is 0.491 e. The van der Waals surface area contributed by atoms with E-state index in [1.807, 2.05) is 25.1 Å².